The number of alkyl carbamates (subject to hydrolysis) is 1. The van der Waals surface area contributed by atoms with Crippen LogP contribution in [0.1, 0.15) is 59.8 Å². The van der Waals surface area contributed by atoms with Gasteiger partial charge in [-0.15, -0.1) is 0 Å². The van der Waals surface area contributed by atoms with Gasteiger partial charge in [-0.2, -0.15) is 4.39 Å². The Labute approximate surface area is 256 Å². The van der Waals surface area contributed by atoms with Crippen LogP contribution in [0.2, 0.25) is 0 Å². The zero-order chi connectivity index (χ0) is 32.2. The molecule has 1 aliphatic heterocycles. The zero-order valence-corrected chi connectivity index (χ0v) is 26.1. The molecule has 11 nitrogen and oxygen atoms in total. The van der Waals surface area contributed by atoms with Gasteiger partial charge >= 0.3 is 12.1 Å². The number of fused-ring (bicyclic) bond motifs is 1. The number of hydrogen-bond donors (Lipinski definition) is 1. The molecule has 1 saturated carbocycles. The topological polar surface area (TPSA) is 129 Å². The van der Waals surface area contributed by atoms with Crippen molar-refractivity contribution in [1.29, 1.82) is 0 Å². The molecular weight excluding hydrogens is 578 g/mol. The van der Waals surface area contributed by atoms with Crippen molar-refractivity contribution in [2.45, 2.75) is 84.1 Å². The Bertz CT molecular complexity index is 1350. The van der Waals surface area contributed by atoms with Crippen LogP contribution in [0.15, 0.2) is 18.2 Å². The third-order valence-corrected chi connectivity index (χ3v) is 8.31. The van der Waals surface area contributed by atoms with Crippen LogP contribution in [-0.4, -0.2) is 84.6 Å². The predicted molar refractivity (Wildman–Crippen MR) is 156 cm³/mol. The lowest BCUT2D eigenvalue weighted by Crippen LogP contribution is -2.57. The fourth-order valence-electron chi connectivity index (χ4n) is 5.75. The smallest absolute Gasteiger partial charge is 0.408 e. The molecule has 0 radical (unpaired) electrons. The van der Waals surface area contributed by atoms with Gasteiger partial charge in [0, 0.05) is 12.0 Å². The molecule has 1 saturated heterocycles. The molecule has 13 heteroatoms. The third kappa shape index (κ3) is 7.47. The van der Waals surface area contributed by atoms with Crippen LogP contribution >= 0.6 is 0 Å². The van der Waals surface area contributed by atoms with E-state index >= 15 is 4.39 Å². The van der Waals surface area contributed by atoms with Crippen LogP contribution in [0.3, 0.4) is 0 Å². The molecule has 2 amide bonds. The van der Waals surface area contributed by atoms with E-state index in [9.17, 15) is 18.8 Å². The second-order valence-electron chi connectivity index (χ2n) is 12.4. The van der Waals surface area contributed by atoms with E-state index in [0.29, 0.717) is 36.0 Å². The number of rotatable bonds is 12. The normalized spacial score (nSPS) is 23.6. The highest BCUT2D eigenvalue weighted by Crippen LogP contribution is 2.39. The second-order valence-corrected chi connectivity index (χ2v) is 12.4. The van der Waals surface area contributed by atoms with Gasteiger partial charge < -0.3 is 29.2 Å². The third-order valence-electron chi connectivity index (χ3n) is 8.31. The fourth-order valence-corrected chi connectivity index (χ4v) is 5.75. The molecule has 1 aromatic carbocycles. The van der Waals surface area contributed by atoms with Crippen LogP contribution in [0.25, 0.3) is 11.0 Å². The number of carbonyl (C=O) groups is 3. The Morgan fingerprint density at radius 2 is 1.86 bits per heavy atom. The van der Waals surface area contributed by atoms with Crippen LogP contribution < -0.4 is 14.8 Å². The summed E-state index contributed by atoms with van der Waals surface area (Å²) in [5.41, 5.74) is -0.113. The standard InChI is InChI=1S/C31H42F2N4O7/c1-7-19-23(43-27-26(33)34-20-12-11-18(41-5)15-21(20)35-27)16-37(24(19)29(39)42-6)28(38)25(31(2,3)4)36-30(40)44-22-14-17(22)10-8-9-13-32/h11-12,15,17,19,22-25H,7-10,13-14,16H2,1-6H3,(H,36,40)/t17-,19-,22-,23+,24+,25-/m1/s1. The van der Waals surface area contributed by atoms with Gasteiger partial charge in [0.1, 0.15) is 30.0 Å². The first-order chi connectivity index (χ1) is 20.9. The highest BCUT2D eigenvalue weighted by molar-refractivity contribution is 5.91. The molecule has 44 heavy (non-hydrogen) atoms. The highest BCUT2D eigenvalue weighted by Gasteiger charge is 2.52. The van der Waals surface area contributed by atoms with Crippen molar-refractivity contribution in [3.63, 3.8) is 0 Å². The number of likely N-dealkylation sites (tertiary alicyclic amines) is 1. The maximum absolute atomic E-state index is 15.0. The molecule has 2 aromatic rings. The summed E-state index contributed by atoms with van der Waals surface area (Å²) in [5, 5.41) is 2.71. The van der Waals surface area contributed by atoms with Crippen molar-refractivity contribution in [3.05, 3.63) is 24.1 Å². The van der Waals surface area contributed by atoms with Gasteiger partial charge in [0.15, 0.2) is 0 Å². The molecule has 0 spiro atoms. The van der Waals surface area contributed by atoms with Gasteiger partial charge in [-0.05, 0) is 49.1 Å². The van der Waals surface area contributed by atoms with Crippen molar-refractivity contribution in [2.24, 2.45) is 17.3 Å². The van der Waals surface area contributed by atoms with Gasteiger partial charge in [0.2, 0.25) is 5.91 Å². The maximum atomic E-state index is 15.0. The zero-order valence-electron chi connectivity index (χ0n) is 26.1. The first-order valence-corrected chi connectivity index (χ1v) is 15.0. The average molecular weight is 621 g/mol. The average Bonchev–Trinajstić information content (AvgIpc) is 3.61. The number of ether oxygens (including phenoxy) is 4. The van der Waals surface area contributed by atoms with Gasteiger partial charge in [0.05, 0.1) is 38.5 Å². The first-order valence-electron chi connectivity index (χ1n) is 15.0. The number of carbonyl (C=O) groups excluding carboxylic acids is 3. The number of alkyl halides is 1. The predicted octanol–water partition coefficient (Wildman–Crippen LogP) is 4.60. The van der Waals surface area contributed by atoms with Gasteiger partial charge in [-0.3, -0.25) is 9.18 Å². The summed E-state index contributed by atoms with van der Waals surface area (Å²) in [7, 11) is 2.72. The Balaban J connectivity index is 1.54. The molecule has 4 rings (SSSR count). The van der Waals surface area contributed by atoms with E-state index in [4.69, 9.17) is 18.9 Å². The quantitative estimate of drug-likeness (QED) is 0.267. The summed E-state index contributed by atoms with van der Waals surface area (Å²) < 4.78 is 49.3. The van der Waals surface area contributed by atoms with Gasteiger partial charge in [-0.1, -0.05) is 34.1 Å². The minimum absolute atomic E-state index is 0.0864. The van der Waals surface area contributed by atoms with Crippen LogP contribution in [-0.2, 0) is 19.1 Å². The Morgan fingerprint density at radius 3 is 2.50 bits per heavy atom. The summed E-state index contributed by atoms with van der Waals surface area (Å²) in [6.45, 7) is 6.73. The lowest BCUT2D eigenvalue weighted by atomic mass is 9.85. The number of benzene rings is 1. The number of hydrogen-bond acceptors (Lipinski definition) is 9. The minimum atomic E-state index is -1.06. The lowest BCUT2D eigenvalue weighted by molar-refractivity contribution is -0.154. The molecule has 242 valence electrons. The van der Waals surface area contributed by atoms with Crippen molar-refractivity contribution in [2.75, 3.05) is 27.4 Å². The monoisotopic (exact) mass is 620 g/mol. The minimum Gasteiger partial charge on any atom is -0.497 e. The van der Waals surface area contributed by atoms with E-state index in [0.717, 1.165) is 12.8 Å². The highest BCUT2D eigenvalue weighted by atomic mass is 19.1. The number of esters is 1. The molecule has 1 N–H and O–H groups in total. The molecule has 2 fully saturated rings. The SMILES string of the molecule is CC[C@@H]1[C@@H](Oc2nc3cc(OC)ccc3nc2F)CN(C(=O)[C@@H](NC(=O)O[C@@H]2C[C@H]2CCCCF)C(C)(C)C)[C@@H]1C(=O)OC. The largest absolute Gasteiger partial charge is 0.497 e. The number of halogens is 2. The number of methoxy groups -OCH3 is 2. The van der Waals surface area contributed by atoms with Crippen molar-refractivity contribution in [3.8, 4) is 11.6 Å². The summed E-state index contributed by atoms with van der Waals surface area (Å²) in [6.07, 6.45) is 1.21. The number of nitrogens with one attached hydrogen (secondary N) is 1. The fraction of sp³-hybridized carbons (Fsp3) is 0.645. The van der Waals surface area contributed by atoms with E-state index in [2.05, 4.69) is 15.3 Å². The summed E-state index contributed by atoms with van der Waals surface area (Å²) >= 11 is 0. The molecule has 0 bridgehead atoms. The van der Waals surface area contributed by atoms with Crippen molar-refractivity contribution < 1.29 is 42.1 Å². The molecular formula is C31H42F2N4O7. The maximum Gasteiger partial charge on any atom is 0.408 e. The van der Waals surface area contributed by atoms with Crippen molar-refractivity contribution in [1.82, 2.24) is 20.2 Å². The van der Waals surface area contributed by atoms with Gasteiger partial charge in [-0.25, -0.2) is 19.6 Å². The molecule has 1 aliphatic carbocycles. The molecule has 1 aromatic heterocycles. The van der Waals surface area contributed by atoms with Gasteiger partial charge in [0.25, 0.3) is 11.8 Å². The number of aromatic nitrogens is 2. The number of unbranched alkanes of at least 4 members (excludes halogenated alkanes) is 1. The summed E-state index contributed by atoms with van der Waals surface area (Å²) in [4.78, 5) is 49.7. The lowest BCUT2D eigenvalue weighted by Gasteiger charge is -2.35. The van der Waals surface area contributed by atoms with Crippen LogP contribution in [0.5, 0.6) is 11.6 Å². The van der Waals surface area contributed by atoms with E-state index in [-0.39, 0.29) is 31.1 Å². The van der Waals surface area contributed by atoms with Crippen molar-refractivity contribution >= 4 is 29.0 Å². The van der Waals surface area contributed by atoms with E-state index in [1.54, 1.807) is 39.0 Å². The Morgan fingerprint density at radius 1 is 1.11 bits per heavy atom. The number of nitrogens with zero attached hydrogens (tertiary/aromatic N) is 3. The van der Waals surface area contributed by atoms with Crippen LogP contribution in [0.4, 0.5) is 13.6 Å². The van der Waals surface area contributed by atoms with E-state index in [1.807, 2.05) is 6.92 Å². The number of amides is 2. The van der Waals surface area contributed by atoms with Crippen LogP contribution in [0, 0.1) is 23.2 Å². The van der Waals surface area contributed by atoms with E-state index in [1.165, 1.54) is 19.1 Å². The molecule has 2 heterocycles. The summed E-state index contributed by atoms with van der Waals surface area (Å²) in [5.74, 6) is -2.37. The second kappa shape index (κ2) is 13.9. The molecule has 0 unspecified atom stereocenters. The first kappa shape index (κ1) is 33.1. The Kier molecular flexibility index (Phi) is 10.5. The summed E-state index contributed by atoms with van der Waals surface area (Å²) in [6, 6.07) is 2.70. The Hall–Kier alpha value is -3.77. The van der Waals surface area contributed by atoms with E-state index < -0.39 is 53.4 Å². The molecule has 6 atom stereocenters. The molecule has 2 aliphatic rings.